The Morgan fingerprint density at radius 1 is 1.03 bits per heavy atom. The minimum Gasteiger partial charge on any atom is -0.370 e. The molecule has 2 aromatic carbocycles. The maximum Gasteiger partial charge on any atom is 0.243 e. The van der Waals surface area contributed by atoms with Crippen molar-refractivity contribution in [1.82, 2.24) is 4.31 Å². The topological polar surface area (TPSA) is 69.7 Å². The molecule has 1 aliphatic rings. The fourth-order valence-corrected chi connectivity index (χ4v) is 6.50. The van der Waals surface area contributed by atoms with Crippen LogP contribution in [0.2, 0.25) is 0 Å². The van der Waals surface area contributed by atoms with Gasteiger partial charge in [0.25, 0.3) is 0 Å². The number of piperidine rings is 1. The zero-order chi connectivity index (χ0) is 24.0. The van der Waals surface area contributed by atoms with E-state index >= 15 is 0 Å². The Hall–Kier alpha value is -2.03. The monoisotopic (exact) mass is 489 g/mol. The Bertz CT molecular complexity index is 1080. The summed E-state index contributed by atoms with van der Waals surface area (Å²) >= 11 is 1.50. The van der Waals surface area contributed by atoms with Crippen molar-refractivity contribution < 1.29 is 13.2 Å². The maximum atomic E-state index is 13.1. The third-order valence-electron chi connectivity index (χ3n) is 5.98. The van der Waals surface area contributed by atoms with Crippen LogP contribution < -0.4 is 10.2 Å². The molecule has 0 atom stereocenters. The predicted octanol–water partition coefficient (Wildman–Crippen LogP) is 5.06. The van der Waals surface area contributed by atoms with Crippen LogP contribution in [0, 0.1) is 13.8 Å². The van der Waals surface area contributed by atoms with E-state index in [4.69, 9.17) is 0 Å². The van der Waals surface area contributed by atoms with Gasteiger partial charge >= 0.3 is 0 Å². The van der Waals surface area contributed by atoms with Crippen LogP contribution in [0.4, 0.5) is 11.4 Å². The molecule has 0 aliphatic carbocycles. The van der Waals surface area contributed by atoms with E-state index in [0.29, 0.717) is 18.8 Å². The lowest BCUT2D eigenvalue weighted by Crippen LogP contribution is -2.32. The van der Waals surface area contributed by atoms with Crippen LogP contribution in [0.3, 0.4) is 0 Å². The van der Waals surface area contributed by atoms with Crippen molar-refractivity contribution in [1.29, 1.82) is 0 Å². The summed E-state index contributed by atoms with van der Waals surface area (Å²) in [4.78, 5) is 16.4. The first-order chi connectivity index (χ1) is 15.8. The number of aryl methyl sites for hydroxylation is 2. The van der Waals surface area contributed by atoms with Gasteiger partial charge in [0.1, 0.15) is 0 Å². The van der Waals surface area contributed by atoms with E-state index in [1.165, 1.54) is 22.5 Å². The van der Waals surface area contributed by atoms with Crippen LogP contribution in [0.25, 0.3) is 0 Å². The molecule has 1 N–H and O–H groups in total. The second-order valence-corrected chi connectivity index (χ2v) is 11.4. The van der Waals surface area contributed by atoms with Crippen molar-refractivity contribution in [3.63, 3.8) is 0 Å². The third-order valence-corrected chi connectivity index (χ3v) is 9.19. The normalized spacial score (nSPS) is 14.5. The van der Waals surface area contributed by atoms with Crippen molar-refractivity contribution in [2.45, 2.75) is 56.7 Å². The van der Waals surface area contributed by atoms with E-state index in [1.807, 2.05) is 33.8 Å². The van der Waals surface area contributed by atoms with Crippen LogP contribution in [0.5, 0.6) is 0 Å². The van der Waals surface area contributed by atoms with Crippen molar-refractivity contribution in [2.75, 3.05) is 42.1 Å². The summed E-state index contributed by atoms with van der Waals surface area (Å²) in [6.45, 7) is 10.4. The molecular formula is C25H35N3O3S2. The minimum atomic E-state index is -3.61. The van der Waals surface area contributed by atoms with Crippen molar-refractivity contribution in [2.24, 2.45) is 0 Å². The van der Waals surface area contributed by atoms with E-state index in [1.54, 1.807) is 12.1 Å². The zero-order valence-corrected chi connectivity index (χ0v) is 21.7. The van der Waals surface area contributed by atoms with Gasteiger partial charge in [0.15, 0.2) is 0 Å². The Morgan fingerprint density at radius 3 is 2.39 bits per heavy atom. The summed E-state index contributed by atoms with van der Waals surface area (Å²) < 4.78 is 27.6. The first kappa shape index (κ1) is 25.6. The number of amides is 1. The molecule has 1 amide bonds. The third kappa shape index (κ3) is 6.31. The van der Waals surface area contributed by atoms with Crippen molar-refractivity contribution >= 4 is 39.1 Å². The lowest BCUT2D eigenvalue weighted by atomic mass is 10.1. The summed E-state index contributed by atoms with van der Waals surface area (Å²) in [6, 6.07) is 11.3. The van der Waals surface area contributed by atoms with Gasteiger partial charge in [-0.15, -0.1) is 11.8 Å². The number of rotatable bonds is 9. The average molecular weight is 490 g/mol. The molecule has 1 aliphatic heterocycles. The molecule has 0 saturated carbocycles. The Morgan fingerprint density at radius 2 is 1.73 bits per heavy atom. The number of nitrogens with zero attached hydrogens (tertiary/aromatic N) is 2. The quantitative estimate of drug-likeness (QED) is 0.499. The van der Waals surface area contributed by atoms with E-state index in [0.717, 1.165) is 47.6 Å². The Labute approximate surface area is 202 Å². The summed E-state index contributed by atoms with van der Waals surface area (Å²) in [5.41, 5.74) is 3.75. The van der Waals surface area contributed by atoms with E-state index in [9.17, 15) is 13.2 Å². The molecule has 1 saturated heterocycles. The van der Waals surface area contributed by atoms with Gasteiger partial charge in [-0.2, -0.15) is 4.31 Å². The molecule has 2 aromatic rings. The maximum absolute atomic E-state index is 13.1. The molecule has 1 heterocycles. The molecule has 0 unspecified atom stereocenters. The van der Waals surface area contributed by atoms with Crippen molar-refractivity contribution in [3.8, 4) is 0 Å². The number of carbonyl (C=O) groups is 1. The number of carbonyl (C=O) groups excluding carboxylic acids is 1. The molecular weight excluding hydrogens is 454 g/mol. The number of hydrogen-bond acceptors (Lipinski definition) is 5. The molecule has 3 rings (SSSR count). The number of anilines is 2. The fraction of sp³-hybridized carbons (Fsp3) is 0.480. The standard InChI is InChI=1S/C25H35N3O3S2/c1-5-28(6-2)33(30,31)21-12-13-23(27-14-8-7-9-15-27)22(17-21)26-25(29)18-32-24-16-19(3)10-11-20(24)4/h10-13,16-17H,5-9,14-15,18H2,1-4H3,(H,26,29). The van der Waals surface area contributed by atoms with Gasteiger partial charge in [-0.3, -0.25) is 4.79 Å². The lowest BCUT2D eigenvalue weighted by molar-refractivity contribution is -0.113. The number of hydrogen-bond donors (Lipinski definition) is 1. The summed E-state index contributed by atoms with van der Waals surface area (Å²) in [5.74, 6) is 0.119. The van der Waals surface area contributed by atoms with Gasteiger partial charge in [0, 0.05) is 31.1 Å². The molecule has 6 nitrogen and oxygen atoms in total. The van der Waals surface area contributed by atoms with Crippen LogP contribution in [0.1, 0.15) is 44.2 Å². The van der Waals surface area contributed by atoms with Gasteiger partial charge in [-0.05, 0) is 62.9 Å². The molecule has 0 aromatic heterocycles. The van der Waals surface area contributed by atoms with Gasteiger partial charge < -0.3 is 10.2 Å². The van der Waals surface area contributed by atoms with Crippen LogP contribution in [-0.2, 0) is 14.8 Å². The van der Waals surface area contributed by atoms with Gasteiger partial charge in [-0.25, -0.2) is 8.42 Å². The number of sulfonamides is 1. The SMILES string of the molecule is CCN(CC)S(=O)(=O)c1ccc(N2CCCCC2)c(NC(=O)CSc2cc(C)ccc2C)c1. The first-order valence-corrected chi connectivity index (χ1v) is 14.1. The van der Waals surface area contributed by atoms with E-state index in [-0.39, 0.29) is 16.6 Å². The van der Waals surface area contributed by atoms with Gasteiger partial charge in [0.05, 0.1) is 22.0 Å². The van der Waals surface area contributed by atoms with E-state index < -0.39 is 10.0 Å². The highest BCUT2D eigenvalue weighted by Crippen LogP contribution is 2.32. The Kier molecular flexibility index (Phi) is 8.84. The molecule has 0 bridgehead atoms. The largest absolute Gasteiger partial charge is 0.370 e. The number of benzene rings is 2. The van der Waals surface area contributed by atoms with Crippen LogP contribution in [0.15, 0.2) is 46.2 Å². The van der Waals surface area contributed by atoms with Crippen LogP contribution in [-0.4, -0.2) is 50.6 Å². The van der Waals surface area contributed by atoms with Gasteiger partial charge in [0.2, 0.25) is 15.9 Å². The summed E-state index contributed by atoms with van der Waals surface area (Å²) in [7, 11) is -3.61. The number of nitrogens with one attached hydrogen (secondary N) is 1. The highest BCUT2D eigenvalue weighted by molar-refractivity contribution is 8.00. The second-order valence-electron chi connectivity index (χ2n) is 8.42. The molecule has 8 heteroatoms. The fourth-order valence-electron chi connectivity index (χ4n) is 4.09. The van der Waals surface area contributed by atoms with Crippen molar-refractivity contribution in [3.05, 3.63) is 47.5 Å². The van der Waals surface area contributed by atoms with Gasteiger partial charge in [-0.1, -0.05) is 31.5 Å². The summed E-state index contributed by atoms with van der Waals surface area (Å²) in [6.07, 6.45) is 3.38. The lowest BCUT2D eigenvalue weighted by Gasteiger charge is -2.31. The zero-order valence-electron chi connectivity index (χ0n) is 20.1. The molecule has 0 radical (unpaired) electrons. The molecule has 1 fully saturated rings. The highest BCUT2D eigenvalue weighted by Gasteiger charge is 2.24. The predicted molar refractivity (Wildman–Crippen MR) is 138 cm³/mol. The highest BCUT2D eigenvalue weighted by atomic mass is 32.2. The molecule has 180 valence electrons. The second kappa shape index (κ2) is 11.4. The van der Waals surface area contributed by atoms with E-state index in [2.05, 4.69) is 28.4 Å². The van der Waals surface area contributed by atoms with Crippen LogP contribution >= 0.6 is 11.8 Å². The average Bonchev–Trinajstić information content (AvgIpc) is 2.81. The Balaban J connectivity index is 1.86. The molecule has 33 heavy (non-hydrogen) atoms. The molecule has 0 spiro atoms. The first-order valence-electron chi connectivity index (χ1n) is 11.6. The number of thioether (sulfide) groups is 1. The minimum absolute atomic E-state index is 0.142. The summed E-state index contributed by atoms with van der Waals surface area (Å²) in [5, 5.41) is 3.02. The smallest absolute Gasteiger partial charge is 0.243 e.